The highest BCUT2D eigenvalue weighted by Crippen LogP contribution is 2.43. The zero-order valence-corrected chi connectivity index (χ0v) is 19.5. The lowest BCUT2D eigenvalue weighted by molar-refractivity contribution is 0.284. The molecule has 0 rings (SSSR count). The van der Waals surface area contributed by atoms with Gasteiger partial charge in [-0.1, -0.05) is 124 Å². The Kier molecular flexibility index (Phi) is 18.1. The molecule has 0 aromatic carbocycles. The maximum absolute atomic E-state index is 3.39. The lowest BCUT2D eigenvalue weighted by Crippen LogP contribution is -2.31. The van der Waals surface area contributed by atoms with Gasteiger partial charge in [-0.3, -0.25) is 0 Å². The molecular weight excluding hydrogens is 319 g/mol. The lowest BCUT2D eigenvalue weighted by atomic mass is 9.78. The molecule has 152 valence electrons. The van der Waals surface area contributed by atoms with Gasteiger partial charge in [-0.2, -0.15) is 0 Å². The minimum atomic E-state index is 0.527. The third-order valence-electron chi connectivity index (χ3n) is 6.20. The molecule has 2 atom stereocenters. The van der Waals surface area contributed by atoms with Crippen molar-refractivity contribution in [3.8, 4) is 0 Å². The topological polar surface area (TPSA) is 0 Å². The Morgan fingerprint density at radius 2 is 0.960 bits per heavy atom. The first-order valence-corrected chi connectivity index (χ1v) is 12.5. The molecule has 25 heavy (non-hydrogen) atoms. The minimum Gasteiger partial charge on any atom is -0.131 e. The quantitative estimate of drug-likeness (QED) is 0.157. The third-order valence-corrected chi connectivity index (χ3v) is 7.25. The van der Waals surface area contributed by atoms with Crippen LogP contribution in [0.3, 0.4) is 0 Å². The molecule has 0 amide bonds. The van der Waals surface area contributed by atoms with Crippen molar-refractivity contribution < 1.29 is 0 Å². The van der Waals surface area contributed by atoms with E-state index in [1.807, 2.05) is 0 Å². The molecule has 0 aromatic heterocycles. The summed E-state index contributed by atoms with van der Waals surface area (Å²) < 4.78 is 0. The van der Waals surface area contributed by atoms with Crippen LogP contribution in [0.25, 0.3) is 0 Å². The Balaban J connectivity index is 4.47. The van der Waals surface area contributed by atoms with Crippen molar-refractivity contribution in [2.45, 2.75) is 148 Å². The van der Waals surface area contributed by atoms with E-state index in [4.69, 9.17) is 0 Å². The molecular formula is C24H51P. The van der Waals surface area contributed by atoms with Crippen LogP contribution in [0, 0.1) is 5.92 Å². The highest BCUT2D eigenvalue weighted by Gasteiger charge is 2.31. The van der Waals surface area contributed by atoms with Crippen LogP contribution in [-0.4, -0.2) is 5.16 Å². The average Bonchev–Trinajstić information content (AvgIpc) is 2.61. The number of hydrogen-bond donors (Lipinski definition) is 0. The van der Waals surface area contributed by atoms with E-state index in [-0.39, 0.29) is 0 Å². The monoisotopic (exact) mass is 370 g/mol. The minimum absolute atomic E-state index is 0.527. The Hall–Kier alpha value is 0.430. The number of hydrogen-bond acceptors (Lipinski definition) is 0. The van der Waals surface area contributed by atoms with Crippen LogP contribution in [0.15, 0.2) is 0 Å². The van der Waals surface area contributed by atoms with Gasteiger partial charge in [-0.05, 0) is 30.3 Å². The zero-order chi connectivity index (χ0) is 18.8. The fourth-order valence-corrected chi connectivity index (χ4v) is 5.17. The highest BCUT2D eigenvalue weighted by molar-refractivity contribution is 7.19. The molecule has 0 N–H and O–H groups in total. The predicted molar refractivity (Wildman–Crippen MR) is 122 cm³/mol. The van der Waals surface area contributed by atoms with E-state index in [2.05, 4.69) is 36.9 Å². The van der Waals surface area contributed by atoms with Gasteiger partial charge in [0.05, 0.1) is 0 Å². The van der Waals surface area contributed by atoms with E-state index < -0.39 is 0 Å². The van der Waals surface area contributed by atoms with Crippen LogP contribution in [-0.2, 0) is 0 Å². The molecule has 0 aliphatic heterocycles. The molecule has 0 aliphatic rings. The van der Waals surface area contributed by atoms with E-state index in [0.29, 0.717) is 5.16 Å². The molecule has 0 saturated heterocycles. The largest absolute Gasteiger partial charge is 0.131 e. The fraction of sp³-hybridized carbons (Fsp3) is 1.00. The SMILES string of the molecule is CCCCCCCC(P)(CCCCCCC)C(CC)CCCCCC. The van der Waals surface area contributed by atoms with E-state index in [1.165, 1.54) is 116 Å². The zero-order valence-electron chi connectivity index (χ0n) is 18.4. The standard InChI is InChI=1S/C24H51P/c1-5-9-12-15-18-21-24(25,22-19-16-13-10-6-2)23(8-4)20-17-14-11-7-3/h23H,5-22,25H2,1-4H3. The molecule has 0 spiro atoms. The maximum Gasteiger partial charge on any atom is -0.0122 e. The summed E-state index contributed by atoms with van der Waals surface area (Å²) in [5.74, 6) is 0.923. The van der Waals surface area contributed by atoms with Crippen molar-refractivity contribution in [1.82, 2.24) is 0 Å². The second kappa shape index (κ2) is 17.8. The summed E-state index contributed by atoms with van der Waals surface area (Å²) in [6, 6.07) is 0. The molecule has 0 aliphatic carbocycles. The van der Waals surface area contributed by atoms with Crippen LogP contribution in [0.2, 0.25) is 0 Å². The number of unbranched alkanes of at least 4 members (excludes halogenated alkanes) is 11. The molecule has 0 saturated carbocycles. The van der Waals surface area contributed by atoms with E-state index in [1.54, 1.807) is 0 Å². The summed E-state index contributed by atoms with van der Waals surface area (Å²) in [5, 5.41) is 0.527. The van der Waals surface area contributed by atoms with Crippen LogP contribution >= 0.6 is 9.24 Å². The Labute approximate surface area is 163 Å². The molecule has 0 nitrogen and oxygen atoms in total. The lowest BCUT2D eigenvalue weighted by Gasteiger charge is -2.38. The van der Waals surface area contributed by atoms with Gasteiger partial charge in [0.15, 0.2) is 0 Å². The fourth-order valence-electron chi connectivity index (χ4n) is 4.36. The summed E-state index contributed by atoms with van der Waals surface area (Å²) >= 11 is 0. The summed E-state index contributed by atoms with van der Waals surface area (Å²) in [4.78, 5) is 0. The van der Waals surface area contributed by atoms with Gasteiger partial charge in [0.2, 0.25) is 0 Å². The van der Waals surface area contributed by atoms with E-state index in [0.717, 1.165) is 5.92 Å². The van der Waals surface area contributed by atoms with Crippen LogP contribution in [0.5, 0.6) is 0 Å². The van der Waals surface area contributed by atoms with Gasteiger partial charge in [0, 0.05) is 0 Å². The summed E-state index contributed by atoms with van der Waals surface area (Å²) in [5.41, 5.74) is 0. The van der Waals surface area contributed by atoms with Crippen molar-refractivity contribution in [2.24, 2.45) is 5.92 Å². The predicted octanol–water partition coefficient (Wildman–Crippen LogP) is 9.32. The van der Waals surface area contributed by atoms with E-state index >= 15 is 0 Å². The van der Waals surface area contributed by atoms with Crippen molar-refractivity contribution in [3.05, 3.63) is 0 Å². The first-order chi connectivity index (χ1) is 12.1. The third kappa shape index (κ3) is 13.3. The van der Waals surface area contributed by atoms with Gasteiger partial charge in [0.1, 0.15) is 0 Å². The maximum atomic E-state index is 3.39. The Morgan fingerprint density at radius 1 is 0.560 bits per heavy atom. The van der Waals surface area contributed by atoms with Crippen molar-refractivity contribution in [1.29, 1.82) is 0 Å². The smallest absolute Gasteiger partial charge is 0.0122 e. The second-order valence-electron chi connectivity index (χ2n) is 8.52. The van der Waals surface area contributed by atoms with Crippen LogP contribution in [0.1, 0.15) is 143 Å². The van der Waals surface area contributed by atoms with Gasteiger partial charge in [-0.25, -0.2) is 0 Å². The van der Waals surface area contributed by atoms with Gasteiger partial charge in [0.25, 0.3) is 0 Å². The Bertz CT molecular complexity index is 247. The second-order valence-corrected chi connectivity index (χ2v) is 9.67. The van der Waals surface area contributed by atoms with Crippen molar-refractivity contribution in [3.63, 3.8) is 0 Å². The molecule has 0 fully saturated rings. The molecule has 0 heterocycles. The summed E-state index contributed by atoms with van der Waals surface area (Å²) in [6.07, 6.45) is 25.7. The summed E-state index contributed by atoms with van der Waals surface area (Å²) in [7, 11) is 3.39. The van der Waals surface area contributed by atoms with Crippen molar-refractivity contribution >= 4 is 9.24 Å². The van der Waals surface area contributed by atoms with Crippen LogP contribution in [0.4, 0.5) is 0 Å². The average molecular weight is 371 g/mol. The van der Waals surface area contributed by atoms with Gasteiger partial charge >= 0.3 is 0 Å². The molecule has 0 radical (unpaired) electrons. The molecule has 1 heteroatoms. The first kappa shape index (κ1) is 25.4. The van der Waals surface area contributed by atoms with E-state index in [9.17, 15) is 0 Å². The van der Waals surface area contributed by atoms with Gasteiger partial charge < -0.3 is 0 Å². The highest BCUT2D eigenvalue weighted by atomic mass is 31.0. The molecule has 2 unspecified atom stereocenters. The molecule has 0 aromatic rings. The van der Waals surface area contributed by atoms with Crippen LogP contribution < -0.4 is 0 Å². The molecule has 0 bridgehead atoms. The number of rotatable bonds is 19. The normalized spacial score (nSPS) is 13.3. The Morgan fingerprint density at radius 3 is 1.36 bits per heavy atom. The first-order valence-electron chi connectivity index (χ1n) is 11.9. The van der Waals surface area contributed by atoms with Crippen molar-refractivity contribution in [2.75, 3.05) is 0 Å². The summed E-state index contributed by atoms with van der Waals surface area (Å²) in [6.45, 7) is 9.40. The van der Waals surface area contributed by atoms with Gasteiger partial charge in [-0.15, -0.1) is 9.24 Å².